The van der Waals surface area contributed by atoms with Crippen LogP contribution in [-0.4, -0.2) is 12.5 Å². The lowest BCUT2D eigenvalue weighted by molar-refractivity contribution is -0.275. The Balaban J connectivity index is 1.23. The molecule has 0 amide bonds. The van der Waals surface area contributed by atoms with Crippen LogP contribution in [0.15, 0.2) is 48.5 Å². The molecular weight excluding hydrogens is 599 g/mol. The molecule has 2 fully saturated rings. The smallest absolute Gasteiger partial charge is 0.432 e. The van der Waals surface area contributed by atoms with Crippen molar-refractivity contribution in [2.24, 2.45) is 11.8 Å². The second-order valence-electron chi connectivity index (χ2n) is 11.9. The molecule has 2 aliphatic carbocycles. The molecule has 0 N–H and O–H groups in total. The molecule has 3 aromatic carbocycles. The van der Waals surface area contributed by atoms with Gasteiger partial charge in [-0.2, -0.15) is 8.78 Å². The maximum atomic E-state index is 15.1. The maximum Gasteiger partial charge on any atom is 0.573 e. The van der Waals surface area contributed by atoms with E-state index in [0.29, 0.717) is 41.7 Å². The Hall–Kier alpha value is -3.37. The summed E-state index contributed by atoms with van der Waals surface area (Å²) in [5.74, 6) is -7.18. The zero-order valence-corrected chi connectivity index (χ0v) is 23.8. The number of alkyl halides is 5. The van der Waals surface area contributed by atoms with Gasteiger partial charge in [0, 0.05) is 12.1 Å². The first-order valence-electron chi connectivity index (χ1n) is 14.6. The van der Waals surface area contributed by atoms with E-state index in [0.717, 1.165) is 37.3 Å². The molecular formula is C33H31F9O2. The standard InChI is InChI=1S/C33H31F9O2/c1-18-2-4-19(5-3-18)21-8-12-25(26(34)14-21)20-6-10-23(11-7-20)32(38,39)43-24-16-28(36)31(29(37)17-24)22-9-13-30(27(35)15-22)44-33(40,41)42/h8-9,12-20,23H,2-7,10-11H2,1H3. The van der Waals surface area contributed by atoms with E-state index < -0.39 is 58.5 Å². The van der Waals surface area contributed by atoms with Crippen LogP contribution in [0.4, 0.5) is 39.5 Å². The van der Waals surface area contributed by atoms with Gasteiger partial charge in [0.25, 0.3) is 0 Å². The van der Waals surface area contributed by atoms with Crippen LogP contribution < -0.4 is 9.47 Å². The summed E-state index contributed by atoms with van der Waals surface area (Å²) in [4.78, 5) is 0. The van der Waals surface area contributed by atoms with Gasteiger partial charge in [-0.1, -0.05) is 38.0 Å². The van der Waals surface area contributed by atoms with Crippen LogP contribution in [0, 0.1) is 35.1 Å². The van der Waals surface area contributed by atoms with Gasteiger partial charge in [0.05, 0.1) is 11.5 Å². The van der Waals surface area contributed by atoms with Gasteiger partial charge in [0.1, 0.15) is 23.2 Å². The minimum absolute atomic E-state index is 0.00591. The summed E-state index contributed by atoms with van der Waals surface area (Å²) in [6, 6.07) is 8.05. The van der Waals surface area contributed by atoms with Crippen molar-refractivity contribution >= 4 is 0 Å². The fourth-order valence-electron chi connectivity index (χ4n) is 6.45. The van der Waals surface area contributed by atoms with Crippen molar-refractivity contribution in [3.63, 3.8) is 0 Å². The molecule has 11 heteroatoms. The molecule has 5 rings (SSSR count). The van der Waals surface area contributed by atoms with Crippen molar-refractivity contribution in [2.75, 3.05) is 0 Å². The van der Waals surface area contributed by atoms with E-state index in [4.69, 9.17) is 4.74 Å². The van der Waals surface area contributed by atoms with Gasteiger partial charge in [-0.25, -0.2) is 17.6 Å². The fraction of sp³-hybridized carbons (Fsp3) is 0.455. The molecule has 0 aromatic heterocycles. The SMILES string of the molecule is CC1CCC(c2ccc(C3CCC(C(F)(F)Oc4cc(F)c(-c5ccc(OC(F)(F)F)c(F)c5)c(F)c4)CC3)c(F)c2)CC1. The van der Waals surface area contributed by atoms with Crippen LogP contribution in [0.25, 0.3) is 11.1 Å². The zero-order valence-electron chi connectivity index (χ0n) is 23.8. The first-order valence-corrected chi connectivity index (χ1v) is 14.6. The number of hydrogen-bond donors (Lipinski definition) is 0. The Morgan fingerprint density at radius 1 is 0.614 bits per heavy atom. The van der Waals surface area contributed by atoms with Crippen LogP contribution in [-0.2, 0) is 0 Å². The van der Waals surface area contributed by atoms with Crippen molar-refractivity contribution in [3.8, 4) is 22.6 Å². The molecule has 0 spiro atoms. The maximum absolute atomic E-state index is 15.1. The molecule has 0 radical (unpaired) electrons. The second-order valence-corrected chi connectivity index (χ2v) is 11.9. The minimum atomic E-state index is -5.18. The van der Waals surface area contributed by atoms with Gasteiger partial charge < -0.3 is 9.47 Å². The van der Waals surface area contributed by atoms with Gasteiger partial charge >= 0.3 is 12.5 Å². The average Bonchev–Trinajstić information content (AvgIpc) is 2.94. The number of ether oxygens (including phenoxy) is 2. The predicted octanol–water partition coefficient (Wildman–Crippen LogP) is 11.0. The third-order valence-electron chi connectivity index (χ3n) is 8.87. The molecule has 44 heavy (non-hydrogen) atoms. The van der Waals surface area contributed by atoms with E-state index >= 15 is 13.2 Å². The van der Waals surface area contributed by atoms with Crippen LogP contribution >= 0.6 is 0 Å². The van der Waals surface area contributed by atoms with E-state index in [1.807, 2.05) is 6.07 Å². The Bertz CT molecular complexity index is 1450. The van der Waals surface area contributed by atoms with E-state index in [1.165, 1.54) is 0 Å². The Morgan fingerprint density at radius 3 is 1.80 bits per heavy atom. The number of rotatable bonds is 7. The quantitative estimate of drug-likeness (QED) is 0.242. The number of halogens is 9. The van der Waals surface area contributed by atoms with Gasteiger partial charge in [0.15, 0.2) is 11.6 Å². The first-order chi connectivity index (χ1) is 20.7. The molecule has 238 valence electrons. The van der Waals surface area contributed by atoms with Crippen LogP contribution in [0.5, 0.6) is 11.5 Å². The first kappa shape index (κ1) is 32.0. The van der Waals surface area contributed by atoms with Crippen LogP contribution in [0.2, 0.25) is 0 Å². The zero-order chi connectivity index (χ0) is 31.8. The molecule has 0 heterocycles. The van der Waals surface area contributed by atoms with E-state index in [9.17, 15) is 26.3 Å². The second kappa shape index (κ2) is 12.6. The van der Waals surface area contributed by atoms with Crippen molar-refractivity contribution < 1.29 is 49.0 Å². The van der Waals surface area contributed by atoms with E-state index in [2.05, 4.69) is 11.7 Å². The highest BCUT2D eigenvalue weighted by Crippen LogP contribution is 2.45. The normalized spacial score (nSPS) is 23.0. The predicted molar refractivity (Wildman–Crippen MR) is 145 cm³/mol. The van der Waals surface area contributed by atoms with Gasteiger partial charge in [-0.05, 0) is 91.2 Å². The molecule has 2 saturated carbocycles. The topological polar surface area (TPSA) is 18.5 Å². The fourth-order valence-corrected chi connectivity index (χ4v) is 6.45. The van der Waals surface area contributed by atoms with Crippen molar-refractivity contribution in [3.05, 3.63) is 82.9 Å². The summed E-state index contributed by atoms with van der Waals surface area (Å²) in [5, 5.41) is 0. The van der Waals surface area contributed by atoms with Crippen molar-refractivity contribution in [2.45, 2.75) is 82.6 Å². The summed E-state index contributed by atoms with van der Waals surface area (Å²) in [7, 11) is 0. The van der Waals surface area contributed by atoms with Crippen molar-refractivity contribution in [1.29, 1.82) is 0 Å². The molecule has 2 aliphatic rings. The van der Waals surface area contributed by atoms with Crippen LogP contribution in [0.3, 0.4) is 0 Å². The number of hydrogen-bond acceptors (Lipinski definition) is 2. The van der Waals surface area contributed by atoms with Crippen LogP contribution in [0.1, 0.15) is 81.3 Å². The third-order valence-corrected chi connectivity index (χ3v) is 8.87. The summed E-state index contributed by atoms with van der Waals surface area (Å²) < 4.78 is 134. The van der Waals surface area contributed by atoms with E-state index in [-0.39, 0.29) is 37.4 Å². The lowest BCUT2D eigenvalue weighted by Gasteiger charge is -2.34. The lowest BCUT2D eigenvalue weighted by atomic mass is 9.76. The van der Waals surface area contributed by atoms with Gasteiger partial charge in [-0.3, -0.25) is 0 Å². The molecule has 0 unspecified atom stereocenters. The summed E-state index contributed by atoms with van der Waals surface area (Å²) >= 11 is 0. The Kier molecular flexibility index (Phi) is 9.14. The highest BCUT2D eigenvalue weighted by molar-refractivity contribution is 5.67. The van der Waals surface area contributed by atoms with E-state index in [1.54, 1.807) is 12.1 Å². The molecule has 2 nitrogen and oxygen atoms in total. The Morgan fingerprint density at radius 2 is 1.23 bits per heavy atom. The molecule has 0 bridgehead atoms. The average molecular weight is 631 g/mol. The van der Waals surface area contributed by atoms with Crippen molar-refractivity contribution in [1.82, 2.24) is 0 Å². The van der Waals surface area contributed by atoms with Gasteiger partial charge in [0.2, 0.25) is 0 Å². The monoisotopic (exact) mass is 630 g/mol. The molecule has 0 aliphatic heterocycles. The summed E-state index contributed by atoms with van der Waals surface area (Å²) in [6.45, 7) is 2.21. The molecule has 0 saturated heterocycles. The third kappa shape index (κ3) is 7.29. The molecule has 0 atom stereocenters. The largest absolute Gasteiger partial charge is 0.573 e. The minimum Gasteiger partial charge on any atom is -0.432 e. The van der Waals surface area contributed by atoms with Gasteiger partial charge in [-0.15, -0.1) is 13.2 Å². The summed E-state index contributed by atoms with van der Waals surface area (Å²) in [6.07, 6.45) is -4.18. The molecule has 3 aromatic rings. The highest BCUT2D eigenvalue weighted by Gasteiger charge is 2.44. The highest BCUT2D eigenvalue weighted by atomic mass is 19.4. The number of benzene rings is 3. The summed E-state index contributed by atoms with van der Waals surface area (Å²) in [5.41, 5.74) is 0.145. The lowest BCUT2D eigenvalue weighted by Crippen LogP contribution is -2.37. The Labute approximate surface area is 249 Å².